The lowest BCUT2D eigenvalue weighted by Crippen LogP contribution is -2.25. The minimum atomic E-state index is -0.123. The van der Waals surface area contributed by atoms with E-state index in [1.807, 2.05) is 56.1 Å². The summed E-state index contributed by atoms with van der Waals surface area (Å²) in [5.74, 6) is 0.877. The van der Waals surface area contributed by atoms with E-state index in [0.29, 0.717) is 0 Å². The maximum Gasteiger partial charge on any atom is 0.127 e. The van der Waals surface area contributed by atoms with Gasteiger partial charge in [-0.25, -0.2) is 4.39 Å². The van der Waals surface area contributed by atoms with Gasteiger partial charge < -0.3 is 0 Å². The van der Waals surface area contributed by atoms with Crippen LogP contribution in [0.15, 0.2) is 59.5 Å². The minimum Gasteiger partial charge on any atom is -0.299 e. The first kappa shape index (κ1) is 15.1. The quantitative estimate of drug-likeness (QED) is 0.714. The number of thioether (sulfide) groups is 1. The lowest BCUT2D eigenvalue weighted by molar-refractivity contribution is 0.272. The Hall–Kier alpha value is -1.32. The highest BCUT2D eigenvalue weighted by atomic mass is 32.2. The molecule has 0 aliphatic rings. The number of hydrogen-bond acceptors (Lipinski definition) is 2. The third kappa shape index (κ3) is 4.09. The van der Waals surface area contributed by atoms with Gasteiger partial charge in [0.1, 0.15) is 5.82 Å². The van der Waals surface area contributed by atoms with Crippen LogP contribution in [0, 0.1) is 5.82 Å². The molecule has 0 fully saturated rings. The van der Waals surface area contributed by atoms with E-state index < -0.39 is 0 Å². The fourth-order valence-electron chi connectivity index (χ4n) is 2.07. The number of halogens is 1. The highest BCUT2D eigenvalue weighted by molar-refractivity contribution is 7.99. The lowest BCUT2D eigenvalue weighted by atomic mass is 10.1. The third-order valence-corrected chi connectivity index (χ3v) is 4.46. The first-order valence-corrected chi connectivity index (χ1v) is 7.79. The van der Waals surface area contributed by atoms with Gasteiger partial charge in [-0.2, -0.15) is 0 Å². The standard InChI is InChI=1S/C17H20FNS/c1-14(16-10-6-7-11-17(16)18)19(2)12-13-20-15-8-4-3-5-9-15/h3-11,14H,12-13H2,1-2H3. The van der Waals surface area contributed by atoms with Gasteiger partial charge >= 0.3 is 0 Å². The second-order valence-corrected chi connectivity index (χ2v) is 6.01. The SMILES string of the molecule is CC(c1ccccc1F)N(C)CCSc1ccccc1. The summed E-state index contributed by atoms with van der Waals surface area (Å²) in [6.45, 7) is 2.97. The van der Waals surface area contributed by atoms with Gasteiger partial charge in [-0.15, -0.1) is 11.8 Å². The van der Waals surface area contributed by atoms with Crippen LogP contribution in [0.5, 0.6) is 0 Å². The fourth-order valence-corrected chi connectivity index (χ4v) is 3.03. The van der Waals surface area contributed by atoms with Crippen molar-refractivity contribution in [1.29, 1.82) is 0 Å². The van der Waals surface area contributed by atoms with Crippen LogP contribution in [0.1, 0.15) is 18.5 Å². The lowest BCUT2D eigenvalue weighted by Gasteiger charge is -2.25. The van der Waals surface area contributed by atoms with Crippen molar-refractivity contribution in [2.75, 3.05) is 19.3 Å². The molecule has 0 bridgehead atoms. The Morgan fingerprint density at radius 1 is 1.05 bits per heavy atom. The molecule has 2 aromatic carbocycles. The molecule has 0 heterocycles. The van der Waals surface area contributed by atoms with Crippen molar-refractivity contribution in [2.45, 2.75) is 17.9 Å². The van der Waals surface area contributed by atoms with Gasteiger partial charge in [-0.1, -0.05) is 36.4 Å². The van der Waals surface area contributed by atoms with Crippen LogP contribution in [0.25, 0.3) is 0 Å². The topological polar surface area (TPSA) is 3.24 Å². The zero-order valence-electron chi connectivity index (χ0n) is 11.9. The largest absolute Gasteiger partial charge is 0.299 e. The Labute approximate surface area is 124 Å². The summed E-state index contributed by atoms with van der Waals surface area (Å²) in [4.78, 5) is 3.47. The number of rotatable bonds is 6. The molecule has 20 heavy (non-hydrogen) atoms. The molecule has 0 saturated carbocycles. The summed E-state index contributed by atoms with van der Waals surface area (Å²) in [6, 6.07) is 17.5. The number of nitrogens with zero attached hydrogens (tertiary/aromatic N) is 1. The zero-order valence-corrected chi connectivity index (χ0v) is 12.7. The molecule has 1 unspecified atom stereocenters. The summed E-state index contributed by atoms with van der Waals surface area (Å²) >= 11 is 1.83. The first-order valence-electron chi connectivity index (χ1n) is 6.81. The molecular weight excluding hydrogens is 269 g/mol. The summed E-state index contributed by atoms with van der Waals surface area (Å²) in [5, 5.41) is 0. The molecule has 0 aliphatic heterocycles. The first-order chi connectivity index (χ1) is 9.68. The Morgan fingerprint density at radius 2 is 1.70 bits per heavy atom. The number of benzene rings is 2. The van der Waals surface area contributed by atoms with Crippen molar-refractivity contribution in [3.63, 3.8) is 0 Å². The molecule has 2 aromatic rings. The van der Waals surface area contributed by atoms with E-state index >= 15 is 0 Å². The Morgan fingerprint density at radius 3 is 2.40 bits per heavy atom. The second kappa shape index (κ2) is 7.46. The van der Waals surface area contributed by atoms with E-state index in [1.54, 1.807) is 6.07 Å². The van der Waals surface area contributed by atoms with Crippen LogP contribution in [-0.2, 0) is 0 Å². The molecule has 3 heteroatoms. The summed E-state index contributed by atoms with van der Waals surface area (Å²) in [7, 11) is 2.04. The normalized spacial score (nSPS) is 12.6. The molecule has 0 spiro atoms. The minimum absolute atomic E-state index is 0.0903. The molecular formula is C17H20FNS. The monoisotopic (exact) mass is 289 g/mol. The van der Waals surface area contributed by atoms with Crippen LogP contribution in [0.3, 0.4) is 0 Å². The van der Waals surface area contributed by atoms with E-state index in [9.17, 15) is 4.39 Å². The van der Waals surface area contributed by atoms with Gasteiger partial charge in [0.25, 0.3) is 0 Å². The van der Waals surface area contributed by atoms with Gasteiger partial charge in [0, 0.05) is 28.8 Å². The molecule has 106 valence electrons. The zero-order chi connectivity index (χ0) is 14.4. The van der Waals surface area contributed by atoms with Crippen molar-refractivity contribution in [3.05, 3.63) is 66.0 Å². The molecule has 0 N–H and O–H groups in total. The molecule has 0 radical (unpaired) electrons. The Kier molecular flexibility index (Phi) is 5.62. The average Bonchev–Trinajstić information content (AvgIpc) is 2.48. The van der Waals surface area contributed by atoms with Crippen LogP contribution in [0.4, 0.5) is 4.39 Å². The van der Waals surface area contributed by atoms with Crippen molar-refractivity contribution in [2.24, 2.45) is 0 Å². The fraction of sp³-hybridized carbons (Fsp3) is 0.294. The average molecular weight is 289 g/mol. The highest BCUT2D eigenvalue weighted by Gasteiger charge is 2.14. The maximum absolute atomic E-state index is 13.8. The molecule has 0 amide bonds. The van der Waals surface area contributed by atoms with Crippen LogP contribution in [-0.4, -0.2) is 24.2 Å². The van der Waals surface area contributed by atoms with Crippen molar-refractivity contribution in [3.8, 4) is 0 Å². The number of hydrogen-bond donors (Lipinski definition) is 0. The van der Waals surface area contributed by atoms with Crippen LogP contribution < -0.4 is 0 Å². The van der Waals surface area contributed by atoms with Crippen LogP contribution >= 0.6 is 11.8 Å². The summed E-state index contributed by atoms with van der Waals surface area (Å²) < 4.78 is 13.8. The summed E-state index contributed by atoms with van der Waals surface area (Å²) in [6.07, 6.45) is 0. The van der Waals surface area contributed by atoms with Gasteiger partial charge in [0.2, 0.25) is 0 Å². The Balaban J connectivity index is 1.86. The van der Waals surface area contributed by atoms with E-state index in [0.717, 1.165) is 17.9 Å². The Bertz CT molecular complexity index is 530. The third-order valence-electron chi connectivity index (χ3n) is 3.47. The van der Waals surface area contributed by atoms with E-state index in [1.165, 1.54) is 11.0 Å². The molecule has 0 aliphatic carbocycles. The predicted octanol–water partition coefficient (Wildman–Crippen LogP) is 4.61. The van der Waals surface area contributed by atoms with E-state index in [4.69, 9.17) is 0 Å². The molecule has 1 nitrogen and oxygen atoms in total. The van der Waals surface area contributed by atoms with E-state index in [-0.39, 0.29) is 11.9 Å². The maximum atomic E-state index is 13.8. The predicted molar refractivity (Wildman–Crippen MR) is 84.6 cm³/mol. The smallest absolute Gasteiger partial charge is 0.127 e. The molecule has 2 rings (SSSR count). The van der Waals surface area contributed by atoms with E-state index in [2.05, 4.69) is 17.0 Å². The van der Waals surface area contributed by atoms with Gasteiger partial charge in [-0.05, 0) is 32.2 Å². The second-order valence-electron chi connectivity index (χ2n) is 4.84. The van der Waals surface area contributed by atoms with Crippen molar-refractivity contribution in [1.82, 2.24) is 4.90 Å². The highest BCUT2D eigenvalue weighted by Crippen LogP contribution is 2.23. The van der Waals surface area contributed by atoms with Crippen LogP contribution in [0.2, 0.25) is 0 Å². The van der Waals surface area contributed by atoms with Crippen molar-refractivity contribution < 1.29 is 4.39 Å². The molecule has 0 aromatic heterocycles. The van der Waals surface area contributed by atoms with Gasteiger partial charge in [-0.3, -0.25) is 4.90 Å². The van der Waals surface area contributed by atoms with Crippen molar-refractivity contribution >= 4 is 11.8 Å². The summed E-state index contributed by atoms with van der Waals surface area (Å²) in [5.41, 5.74) is 0.764. The molecule has 1 atom stereocenters. The van der Waals surface area contributed by atoms with Gasteiger partial charge in [0.05, 0.1) is 0 Å². The van der Waals surface area contributed by atoms with Gasteiger partial charge in [0.15, 0.2) is 0 Å². The molecule has 0 saturated heterocycles.